The van der Waals surface area contributed by atoms with Crippen molar-refractivity contribution in [3.8, 4) is 28.6 Å². The van der Waals surface area contributed by atoms with Gasteiger partial charge < -0.3 is 30.0 Å². The van der Waals surface area contributed by atoms with Gasteiger partial charge in [0, 0.05) is 17.4 Å². The molecule has 3 heterocycles. The first-order valence-electron chi connectivity index (χ1n) is 10.8. The minimum atomic E-state index is -1.23. The highest BCUT2D eigenvalue weighted by atomic mass is 32.1. The number of fused-ring (bicyclic) bond motifs is 1. The largest absolute Gasteiger partial charge is 0.493 e. The van der Waals surface area contributed by atoms with Crippen LogP contribution in [0.2, 0.25) is 0 Å². The second-order valence-corrected chi connectivity index (χ2v) is 8.90. The van der Waals surface area contributed by atoms with Crippen LogP contribution in [0.4, 0.5) is 5.13 Å². The van der Waals surface area contributed by atoms with E-state index in [0.717, 1.165) is 27.0 Å². The number of benzene rings is 2. The van der Waals surface area contributed by atoms with Crippen LogP contribution in [0.15, 0.2) is 52.6 Å². The number of carboxylic acid groups (broad SMARTS) is 1. The van der Waals surface area contributed by atoms with Crippen LogP contribution in [0.3, 0.4) is 0 Å². The number of amides is 1. The Hall–Kier alpha value is -4.58. The summed E-state index contributed by atoms with van der Waals surface area (Å²) < 4.78 is 11.7. The lowest BCUT2D eigenvalue weighted by Gasteiger charge is -2.19. The summed E-state index contributed by atoms with van der Waals surface area (Å²) in [6.45, 7) is 1.95. The third kappa shape index (κ3) is 4.29. The van der Waals surface area contributed by atoms with Crippen molar-refractivity contribution in [1.29, 1.82) is 0 Å². The molecular weight excluding hydrogens is 488 g/mol. The first-order valence-corrected chi connectivity index (χ1v) is 11.7. The average Bonchev–Trinajstić information content (AvgIpc) is 3.58. The van der Waals surface area contributed by atoms with Gasteiger partial charge in [-0.2, -0.15) is 0 Å². The number of anilines is 1. The topological polar surface area (TPSA) is 156 Å². The molecule has 1 aliphatic rings. The van der Waals surface area contributed by atoms with Crippen LogP contribution in [-0.2, 0) is 11.2 Å². The fourth-order valence-electron chi connectivity index (χ4n) is 3.95. The van der Waals surface area contributed by atoms with E-state index in [1.165, 1.54) is 5.38 Å². The first kappa shape index (κ1) is 23.2. The number of carboxylic acids is 1. The maximum absolute atomic E-state index is 13.4. The molecule has 184 valence electrons. The lowest BCUT2D eigenvalue weighted by atomic mass is 10.0. The number of H-pyrrole nitrogens is 1. The lowest BCUT2D eigenvalue weighted by molar-refractivity contribution is -0.119. The van der Waals surface area contributed by atoms with E-state index in [1.54, 1.807) is 18.2 Å². The number of imidazole rings is 1. The molecule has 0 fully saturated rings. The van der Waals surface area contributed by atoms with Gasteiger partial charge in [0.2, 0.25) is 18.6 Å². The van der Waals surface area contributed by atoms with Gasteiger partial charge in [-0.15, -0.1) is 11.3 Å². The number of aromatic carboxylic acids is 1. The molecule has 1 atom stereocenters. The summed E-state index contributed by atoms with van der Waals surface area (Å²) in [6.07, 6.45) is 0.0849. The van der Waals surface area contributed by atoms with E-state index in [2.05, 4.69) is 15.3 Å². The minimum absolute atomic E-state index is 0.0613. The smallest absolute Gasteiger partial charge is 0.355 e. The molecule has 4 N–H and O–H groups in total. The van der Waals surface area contributed by atoms with Gasteiger partial charge in [0.15, 0.2) is 22.3 Å². The zero-order valence-corrected chi connectivity index (χ0v) is 19.7. The molecule has 1 amide bonds. The molecule has 0 saturated carbocycles. The number of carbonyl (C=O) groups excluding carboxylic acids is 1. The van der Waals surface area contributed by atoms with Gasteiger partial charge in [0.05, 0.1) is 0 Å². The van der Waals surface area contributed by atoms with Crippen molar-refractivity contribution < 1.29 is 29.3 Å². The molecule has 0 spiro atoms. The Labute approximate surface area is 207 Å². The highest BCUT2D eigenvalue weighted by molar-refractivity contribution is 7.14. The molecule has 36 heavy (non-hydrogen) atoms. The van der Waals surface area contributed by atoms with E-state index >= 15 is 0 Å². The summed E-state index contributed by atoms with van der Waals surface area (Å²) in [5, 5.41) is 24.2. The molecule has 0 aliphatic carbocycles. The van der Waals surface area contributed by atoms with Crippen molar-refractivity contribution in [2.75, 3.05) is 12.1 Å². The Kier molecular flexibility index (Phi) is 5.94. The zero-order chi connectivity index (χ0) is 25.4. The van der Waals surface area contributed by atoms with Gasteiger partial charge in [-0.05, 0) is 36.2 Å². The number of nitrogens with zero attached hydrogens (tertiary/aromatic N) is 2. The summed E-state index contributed by atoms with van der Waals surface area (Å²) in [5.41, 5.74) is 1.37. The van der Waals surface area contributed by atoms with Crippen LogP contribution in [-0.4, -0.2) is 43.4 Å². The van der Waals surface area contributed by atoms with E-state index in [0.29, 0.717) is 17.1 Å². The number of ether oxygens (including phenoxy) is 2. The summed E-state index contributed by atoms with van der Waals surface area (Å²) in [7, 11) is 0. The van der Waals surface area contributed by atoms with Crippen molar-refractivity contribution in [1.82, 2.24) is 14.5 Å². The molecule has 2 aromatic heterocycles. The summed E-state index contributed by atoms with van der Waals surface area (Å²) in [5.74, 6) is -1.29. The summed E-state index contributed by atoms with van der Waals surface area (Å²) in [4.78, 5) is 44.1. The Balaban J connectivity index is 1.54. The van der Waals surface area contributed by atoms with Crippen LogP contribution in [0, 0.1) is 6.92 Å². The van der Waals surface area contributed by atoms with Crippen molar-refractivity contribution in [3.05, 3.63) is 75.1 Å². The summed E-state index contributed by atoms with van der Waals surface area (Å²) in [6, 6.07) is 11.1. The standard InChI is InChI=1S/C24H20N4O7S/c1-12-4-2-3-5-13(12)8-16(20(29)27-23-25-15(10-36-23)22(31)32)28-21(30)19(26-24(28)33)14-6-7-17-18(9-14)35-11-34-17/h2-7,9-10,16,30H,8,11H2,1H3,(H,26,33)(H,31,32)(H,25,27,29)/t16-/m0/s1. The monoisotopic (exact) mass is 508 g/mol. The molecule has 0 radical (unpaired) electrons. The summed E-state index contributed by atoms with van der Waals surface area (Å²) >= 11 is 0.943. The average molecular weight is 509 g/mol. The fraction of sp³-hybridized carbons (Fsp3) is 0.167. The van der Waals surface area contributed by atoms with Crippen molar-refractivity contribution in [2.45, 2.75) is 19.4 Å². The Bertz CT molecular complexity index is 1540. The van der Waals surface area contributed by atoms with Gasteiger partial charge in [-0.25, -0.2) is 19.1 Å². The van der Waals surface area contributed by atoms with Crippen LogP contribution >= 0.6 is 11.3 Å². The fourth-order valence-corrected chi connectivity index (χ4v) is 4.64. The number of aromatic amines is 1. The molecule has 0 bridgehead atoms. The molecule has 11 nitrogen and oxygen atoms in total. The number of nitrogens with one attached hydrogen (secondary N) is 2. The number of aryl methyl sites for hydroxylation is 1. The van der Waals surface area contributed by atoms with E-state index in [9.17, 15) is 19.5 Å². The van der Waals surface area contributed by atoms with Gasteiger partial charge in [0.1, 0.15) is 11.7 Å². The molecule has 12 heteroatoms. The molecule has 0 saturated heterocycles. The van der Waals surface area contributed by atoms with Gasteiger partial charge in [-0.3, -0.25) is 4.79 Å². The maximum atomic E-state index is 13.4. The van der Waals surface area contributed by atoms with Crippen LogP contribution < -0.4 is 20.5 Å². The third-order valence-electron chi connectivity index (χ3n) is 5.81. The van der Waals surface area contributed by atoms with Crippen LogP contribution in [0.5, 0.6) is 17.4 Å². The van der Waals surface area contributed by atoms with Gasteiger partial charge in [-0.1, -0.05) is 24.3 Å². The van der Waals surface area contributed by atoms with Gasteiger partial charge in [0.25, 0.3) is 0 Å². The van der Waals surface area contributed by atoms with Crippen molar-refractivity contribution in [3.63, 3.8) is 0 Å². The second kappa shape index (κ2) is 9.23. The SMILES string of the molecule is Cc1ccccc1C[C@@H](C(=O)Nc1nc(C(=O)O)cs1)n1c(O)c(-c2ccc3c(c2)OCO3)[nH]c1=O. The van der Waals surface area contributed by atoms with E-state index in [4.69, 9.17) is 14.6 Å². The normalized spacial score (nSPS) is 12.9. The predicted octanol–water partition coefficient (Wildman–Crippen LogP) is 3.16. The molecule has 1 aliphatic heterocycles. The van der Waals surface area contributed by atoms with Crippen molar-refractivity contribution in [2.24, 2.45) is 0 Å². The Morgan fingerprint density at radius 3 is 2.75 bits per heavy atom. The number of hydrogen-bond acceptors (Lipinski definition) is 8. The quantitative estimate of drug-likeness (QED) is 0.297. The number of aromatic hydroxyl groups is 1. The number of rotatable bonds is 7. The number of hydrogen-bond donors (Lipinski definition) is 4. The predicted molar refractivity (Wildman–Crippen MR) is 130 cm³/mol. The Morgan fingerprint density at radius 2 is 2.00 bits per heavy atom. The zero-order valence-electron chi connectivity index (χ0n) is 18.8. The van der Waals surface area contributed by atoms with Crippen LogP contribution in [0.1, 0.15) is 27.7 Å². The van der Waals surface area contributed by atoms with Crippen LogP contribution in [0.25, 0.3) is 11.3 Å². The van der Waals surface area contributed by atoms with Crippen molar-refractivity contribution >= 4 is 28.3 Å². The molecule has 5 rings (SSSR count). The van der Waals surface area contributed by atoms with Gasteiger partial charge >= 0.3 is 11.7 Å². The number of thiazole rings is 1. The number of aromatic nitrogens is 3. The maximum Gasteiger partial charge on any atom is 0.355 e. The lowest BCUT2D eigenvalue weighted by Crippen LogP contribution is -2.33. The van der Waals surface area contributed by atoms with E-state index in [-0.39, 0.29) is 29.7 Å². The second-order valence-electron chi connectivity index (χ2n) is 8.05. The molecule has 4 aromatic rings. The van der Waals surface area contributed by atoms with E-state index in [1.807, 2.05) is 31.2 Å². The minimum Gasteiger partial charge on any atom is -0.493 e. The molecule has 0 unspecified atom stereocenters. The molecule has 2 aromatic carbocycles. The highest BCUT2D eigenvalue weighted by Gasteiger charge is 2.30. The third-order valence-corrected chi connectivity index (χ3v) is 6.56. The first-order chi connectivity index (χ1) is 17.3. The Morgan fingerprint density at radius 1 is 1.22 bits per heavy atom. The molecular formula is C24H20N4O7S. The van der Waals surface area contributed by atoms with E-state index < -0.39 is 29.5 Å². The highest BCUT2D eigenvalue weighted by Crippen LogP contribution is 2.38. The number of carbonyl (C=O) groups is 2.